The van der Waals surface area contributed by atoms with E-state index in [4.69, 9.17) is 4.98 Å². The summed E-state index contributed by atoms with van der Waals surface area (Å²) in [5.41, 5.74) is 6.78. The third-order valence-corrected chi connectivity index (χ3v) is 6.50. The molecular formula is C25H23F2N7. The van der Waals surface area contributed by atoms with Crippen LogP contribution in [0.3, 0.4) is 0 Å². The van der Waals surface area contributed by atoms with E-state index in [2.05, 4.69) is 21.3 Å². The summed E-state index contributed by atoms with van der Waals surface area (Å²) in [4.78, 5) is 11.6. The summed E-state index contributed by atoms with van der Waals surface area (Å²) < 4.78 is 31.7. The molecule has 4 heterocycles. The van der Waals surface area contributed by atoms with E-state index in [0.29, 0.717) is 29.9 Å². The molecule has 1 aliphatic carbocycles. The summed E-state index contributed by atoms with van der Waals surface area (Å²) in [6, 6.07) is 3.51. The van der Waals surface area contributed by atoms with Crippen LogP contribution in [-0.4, -0.2) is 36.1 Å². The van der Waals surface area contributed by atoms with Gasteiger partial charge in [0.1, 0.15) is 0 Å². The number of fused-ring (bicyclic) bond motifs is 2. The summed E-state index contributed by atoms with van der Waals surface area (Å²) in [5, 5.41) is 8.44. The molecule has 2 aliphatic rings. The standard InChI is InChI=1S/C25H23F2N7/c1-32-13-16(10-29-32)18-5-6-21-24(18)31-23(12-28-21)34-7-3-4-15-8-19(17-11-30-33(2)14-17)20(25(26)27)9-22(15)34/h5,8-14,25H,3-4,6-7H2,1-2H3. The van der Waals surface area contributed by atoms with Crippen molar-refractivity contribution < 1.29 is 8.78 Å². The zero-order chi connectivity index (χ0) is 23.4. The van der Waals surface area contributed by atoms with Gasteiger partial charge in [-0.15, -0.1) is 0 Å². The van der Waals surface area contributed by atoms with Crippen molar-refractivity contribution in [1.29, 1.82) is 0 Å². The van der Waals surface area contributed by atoms with Gasteiger partial charge in [-0.2, -0.15) is 10.2 Å². The summed E-state index contributed by atoms with van der Waals surface area (Å²) >= 11 is 0. The number of aromatic nitrogens is 6. The Kier molecular flexibility index (Phi) is 4.79. The van der Waals surface area contributed by atoms with Crippen LogP contribution in [0.1, 0.15) is 40.9 Å². The van der Waals surface area contributed by atoms with Crippen molar-refractivity contribution in [3.63, 3.8) is 0 Å². The number of alkyl halides is 2. The Labute approximate surface area is 195 Å². The monoisotopic (exact) mass is 459 g/mol. The number of anilines is 2. The van der Waals surface area contributed by atoms with E-state index in [1.165, 1.54) is 0 Å². The Bertz CT molecular complexity index is 1430. The SMILES string of the molecule is Cn1cc(C2=CCc3ncc(N4CCCc5cc(-c6cnn(C)c6)c(C(F)F)cc54)nc32)cn1. The third-order valence-electron chi connectivity index (χ3n) is 6.50. The molecule has 3 aromatic heterocycles. The number of aryl methyl sites for hydroxylation is 3. The third kappa shape index (κ3) is 3.39. The molecule has 0 unspecified atom stereocenters. The molecule has 0 radical (unpaired) electrons. The van der Waals surface area contributed by atoms with Gasteiger partial charge in [-0.3, -0.25) is 14.3 Å². The second kappa shape index (κ2) is 7.86. The average molecular weight is 460 g/mol. The quantitative estimate of drug-likeness (QED) is 0.446. The zero-order valence-electron chi connectivity index (χ0n) is 18.9. The highest BCUT2D eigenvalue weighted by Gasteiger charge is 2.27. The van der Waals surface area contributed by atoms with Gasteiger partial charge in [-0.25, -0.2) is 13.8 Å². The van der Waals surface area contributed by atoms with Crippen LogP contribution in [0.25, 0.3) is 16.7 Å². The van der Waals surface area contributed by atoms with Gasteiger partial charge in [0.2, 0.25) is 0 Å². The first-order valence-corrected chi connectivity index (χ1v) is 11.2. The Morgan fingerprint density at radius 2 is 1.74 bits per heavy atom. The van der Waals surface area contributed by atoms with Gasteiger partial charge in [-0.1, -0.05) is 6.08 Å². The van der Waals surface area contributed by atoms with Gasteiger partial charge in [0.15, 0.2) is 5.82 Å². The van der Waals surface area contributed by atoms with E-state index in [-0.39, 0.29) is 5.56 Å². The first-order chi connectivity index (χ1) is 16.5. The zero-order valence-corrected chi connectivity index (χ0v) is 18.9. The fourth-order valence-corrected chi connectivity index (χ4v) is 4.89. The topological polar surface area (TPSA) is 64.7 Å². The first kappa shape index (κ1) is 20.7. The Balaban J connectivity index is 1.43. The first-order valence-electron chi connectivity index (χ1n) is 11.2. The summed E-state index contributed by atoms with van der Waals surface area (Å²) in [7, 11) is 3.67. The molecule has 9 heteroatoms. The molecule has 172 valence electrons. The van der Waals surface area contributed by atoms with Crippen LogP contribution in [0.15, 0.2) is 49.2 Å². The molecule has 0 saturated carbocycles. The molecule has 34 heavy (non-hydrogen) atoms. The van der Waals surface area contributed by atoms with Gasteiger partial charge in [-0.05, 0) is 36.1 Å². The summed E-state index contributed by atoms with van der Waals surface area (Å²) in [6.07, 6.45) is 10.9. The highest BCUT2D eigenvalue weighted by molar-refractivity contribution is 5.83. The van der Waals surface area contributed by atoms with Crippen molar-refractivity contribution in [3.8, 4) is 11.1 Å². The maximum atomic E-state index is 14.2. The summed E-state index contributed by atoms with van der Waals surface area (Å²) in [5.74, 6) is 0.672. The fraction of sp³-hybridized carbons (Fsp3) is 0.280. The number of benzene rings is 1. The average Bonchev–Trinajstić information content (AvgIpc) is 3.56. The second-order valence-electron chi connectivity index (χ2n) is 8.77. The van der Waals surface area contributed by atoms with Crippen LogP contribution in [0.4, 0.5) is 20.3 Å². The molecule has 0 spiro atoms. The molecule has 6 rings (SSSR count). The van der Waals surface area contributed by atoms with E-state index in [1.807, 2.05) is 30.4 Å². The predicted molar refractivity (Wildman–Crippen MR) is 125 cm³/mol. The van der Waals surface area contributed by atoms with Gasteiger partial charge in [0.05, 0.1) is 30.0 Å². The Hall–Kier alpha value is -3.88. The minimum absolute atomic E-state index is 0.00344. The molecule has 1 aromatic carbocycles. The number of halogens is 2. The minimum atomic E-state index is -2.60. The number of rotatable bonds is 4. The van der Waals surface area contributed by atoms with Gasteiger partial charge in [0.25, 0.3) is 6.43 Å². The molecule has 0 saturated heterocycles. The highest BCUT2D eigenvalue weighted by atomic mass is 19.3. The molecule has 0 fully saturated rings. The molecule has 4 aromatic rings. The maximum Gasteiger partial charge on any atom is 0.264 e. The van der Waals surface area contributed by atoms with E-state index in [9.17, 15) is 8.78 Å². The number of hydrogen-bond donors (Lipinski definition) is 0. The van der Waals surface area contributed by atoms with Crippen molar-refractivity contribution >= 4 is 17.1 Å². The van der Waals surface area contributed by atoms with Crippen molar-refractivity contribution in [1.82, 2.24) is 29.5 Å². The van der Waals surface area contributed by atoms with Crippen molar-refractivity contribution in [2.24, 2.45) is 14.1 Å². The largest absolute Gasteiger partial charge is 0.325 e. The molecule has 0 N–H and O–H groups in total. The van der Waals surface area contributed by atoms with Crippen LogP contribution in [0, 0.1) is 0 Å². The summed E-state index contributed by atoms with van der Waals surface area (Å²) in [6.45, 7) is 0.696. The molecule has 7 nitrogen and oxygen atoms in total. The lowest BCUT2D eigenvalue weighted by molar-refractivity contribution is 0.152. The van der Waals surface area contributed by atoms with E-state index < -0.39 is 6.43 Å². The Morgan fingerprint density at radius 3 is 2.44 bits per heavy atom. The Morgan fingerprint density at radius 1 is 0.971 bits per heavy atom. The smallest absolute Gasteiger partial charge is 0.264 e. The van der Waals surface area contributed by atoms with Crippen molar-refractivity contribution in [3.05, 3.63) is 77.3 Å². The van der Waals surface area contributed by atoms with E-state index in [1.54, 1.807) is 41.1 Å². The van der Waals surface area contributed by atoms with Gasteiger partial charge >= 0.3 is 0 Å². The fourth-order valence-electron chi connectivity index (χ4n) is 4.89. The van der Waals surface area contributed by atoms with Crippen molar-refractivity contribution in [2.45, 2.75) is 25.7 Å². The number of hydrogen-bond acceptors (Lipinski definition) is 5. The predicted octanol–water partition coefficient (Wildman–Crippen LogP) is 4.62. The normalized spacial score (nSPS) is 15.0. The van der Waals surface area contributed by atoms with Gasteiger partial charge < -0.3 is 4.90 Å². The number of allylic oxidation sites excluding steroid dienone is 1. The lowest BCUT2D eigenvalue weighted by Gasteiger charge is -2.31. The lowest BCUT2D eigenvalue weighted by atomic mass is 9.93. The van der Waals surface area contributed by atoms with Crippen LogP contribution >= 0.6 is 0 Å². The van der Waals surface area contributed by atoms with Crippen LogP contribution in [0.2, 0.25) is 0 Å². The molecule has 1 aliphatic heterocycles. The van der Waals surface area contributed by atoms with Crippen LogP contribution in [0.5, 0.6) is 0 Å². The molecular weight excluding hydrogens is 436 g/mol. The molecule has 0 amide bonds. The highest BCUT2D eigenvalue weighted by Crippen LogP contribution is 2.41. The van der Waals surface area contributed by atoms with Crippen molar-refractivity contribution in [2.75, 3.05) is 11.4 Å². The van der Waals surface area contributed by atoms with Crippen LogP contribution in [-0.2, 0) is 26.9 Å². The maximum absolute atomic E-state index is 14.2. The van der Waals surface area contributed by atoms with Gasteiger partial charge in [0, 0.05) is 67.4 Å². The lowest BCUT2D eigenvalue weighted by Crippen LogP contribution is -2.26. The second-order valence-corrected chi connectivity index (χ2v) is 8.77. The van der Waals surface area contributed by atoms with Crippen LogP contribution < -0.4 is 4.90 Å². The molecule has 0 atom stereocenters. The molecule has 0 bridgehead atoms. The number of nitrogens with zero attached hydrogens (tertiary/aromatic N) is 7. The minimum Gasteiger partial charge on any atom is -0.325 e. The van der Waals surface area contributed by atoms with E-state index in [0.717, 1.165) is 46.6 Å². The van der Waals surface area contributed by atoms with E-state index >= 15 is 0 Å².